The highest BCUT2D eigenvalue weighted by atomic mass is 16.3. The number of hydrogen-bond donors (Lipinski definition) is 1. The van der Waals surface area contributed by atoms with Crippen molar-refractivity contribution in [2.24, 2.45) is 0 Å². The summed E-state index contributed by atoms with van der Waals surface area (Å²) in [7, 11) is 0. The third-order valence-corrected chi connectivity index (χ3v) is 4.58. The minimum atomic E-state index is 0.00415. The van der Waals surface area contributed by atoms with Crippen LogP contribution in [0.1, 0.15) is 37.7 Å². The number of rotatable bonds is 5. The maximum Gasteiger partial charge on any atom is 0.227 e. The highest BCUT2D eigenvalue weighted by Crippen LogP contribution is 2.36. The molecular formula is C19H18N6O. The summed E-state index contributed by atoms with van der Waals surface area (Å²) >= 11 is 0. The van der Waals surface area contributed by atoms with Gasteiger partial charge in [0, 0.05) is 11.3 Å². The summed E-state index contributed by atoms with van der Waals surface area (Å²) in [4.78, 5) is 4.57. The van der Waals surface area contributed by atoms with Crippen molar-refractivity contribution >= 4 is 16.8 Å². The summed E-state index contributed by atoms with van der Waals surface area (Å²) in [6.07, 6.45) is 2.30. The second-order valence-corrected chi connectivity index (χ2v) is 6.65. The van der Waals surface area contributed by atoms with Gasteiger partial charge in [0.2, 0.25) is 5.89 Å². The second kappa shape index (κ2) is 5.94. The predicted molar refractivity (Wildman–Crippen MR) is 97.6 cm³/mol. The molecule has 0 amide bonds. The quantitative estimate of drug-likeness (QED) is 0.588. The van der Waals surface area contributed by atoms with E-state index >= 15 is 0 Å². The van der Waals surface area contributed by atoms with Crippen molar-refractivity contribution in [3.63, 3.8) is 0 Å². The third kappa shape index (κ3) is 2.71. The molecule has 7 nitrogen and oxygen atoms in total. The Kier molecular flexibility index (Phi) is 3.44. The van der Waals surface area contributed by atoms with Gasteiger partial charge in [0.1, 0.15) is 5.52 Å². The van der Waals surface area contributed by atoms with Crippen LogP contribution in [-0.2, 0) is 0 Å². The lowest BCUT2D eigenvalue weighted by Crippen LogP contribution is -2.14. The lowest BCUT2D eigenvalue weighted by Gasteiger charge is -2.15. The highest BCUT2D eigenvalue weighted by Gasteiger charge is 2.29. The summed E-state index contributed by atoms with van der Waals surface area (Å²) in [5, 5.41) is 15.6. The number of benzene rings is 2. The molecule has 1 N–H and O–H groups in total. The zero-order valence-corrected chi connectivity index (χ0v) is 14.3. The summed E-state index contributed by atoms with van der Waals surface area (Å²) < 4.78 is 7.80. The van der Waals surface area contributed by atoms with Crippen LogP contribution in [0.4, 0.5) is 5.69 Å². The van der Waals surface area contributed by atoms with Crippen LogP contribution in [0.25, 0.3) is 22.6 Å². The Morgan fingerprint density at radius 1 is 1.15 bits per heavy atom. The molecule has 1 atom stereocenters. The van der Waals surface area contributed by atoms with Gasteiger partial charge in [-0.2, -0.15) is 0 Å². The van der Waals surface area contributed by atoms with Crippen LogP contribution in [0.2, 0.25) is 0 Å². The second-order valence-electron chi connectivity index (χ2n) is 6.65. The molecule has 0 radical (unpaired) electrons. The van der Waals surface area contributed by atoms with Gasteiger partial charge in [-0.25, -0.2) is 9.67 Å². The third-order valence-electron chi connectivity index (χ3n) is 4.58. The molecule has 7 heteroatoms. The average molecular weight is 346 g/mol. The molecule has 2 aromatic carbocycles. The molecule has 1 unspecified atom stereocenters. The van der Waals surface area contributed by atoms with E-state index in [1.165, 1.54) is 0 Å². The average Bonchev–Trinajstić information content (AvgIpc) is 3.22. The monoisotopic (exact) mass is 346 g/mol. The van der Waals surface area contributed by atoms with Gasteiger partial charge in [-0.15, -0.1) is 5.10 Å². The van der Waals surface area contributed by atoms with Crippen molar-refractivity contribution in [2.75, 3.05) is 5.32 Å². The molecule has 26 heavy (non-hydrogen) atoms. The summed E-state index contributed by atoms with van der Waals surface area (Å²) in [5.74, 6) is 1.48. The van der Waals surface area contributed by atoms with E-state index in [0.717, 1.165) is 41.0 Å². The number of tetrazole rings is 1. The molecule has 2 heterocycles. The first-order chi connectivity index (χ1) is 12.8. The van der Waals surface area contributed by atoms with E-state index in [1.54, 1.807) is 0 Å². The number of nitrogens with one attached hydrogen (secondary N) is 1. The Balaban J connectivity index is 1.41. The molecule has 0 spiro atoms. The first kappa shape index (κ1) is 15.1. The van der Waals surface area contributed by atoms with E-state index in [2.05, 4.69) is 32.7 Å². The summed E-state index contributed by atoms with van der Waals surface area (Å²) in [6.45, 7) is 2.07. The molecular weight excluding hydrogens is 328 g/mol. The highest BCUT2D eigenvalue weighted by molar-refractivity contribution is 5.76. The van der Waals surface area contributed by atoms with Crippen LogP contribution in [0.15, 0.2) is 52.9 Å². The smallest absolute Gasteiger partial charge is 0.227 e. The summed E-state index contributed by atoms with van der Waals surface area (Å²) in [5.41, 5.74) is 3.55. The fourth-order valence-corrected chi connectivity index (χ4v) is 3.12. The van der Waals surface area contributed by atoms with Gasteiger partial charge in [0.05, 0.1) is 12.1 Å². The molecule has 0 aliphatic heterocycles. The van der Waals surface area contributed by atoms with E-state index in [4.69, 9.17) is 4.42 Å². The van der Waals surface area contributed by atoms with E-state index in [0.29, 0.717) is 11.9 Å². The van der Waals surface area contributed by atoms with Crippen molar-refractivity contribution in [1.82, 2.24) is 25.2 Å². The largest absolute Gasteiger partial charge is 0.436 e. The topological polar surface area (TPSA) is 81.7 Å². The molecule has 1 fully saturated rings. The van der Waals surface area contributed by atoms with Crippen LogP contribution in [-0.4, -0.2) is 25.2 Å². The number of nitrogens with zero attached hydrogens (tertiary/aromatic N) is 5. The van der Waals surface area contributed by atoms with Crippen LogP contribution in [0.3, 0.4) is 0 Å². The van der Waals surface area contributed by atoms with Crippen molar-refractivity contribution in [3.8, 4) is 11.5 Å². The number of para-hydroxylation sites is 2. The van der Waals surface area contributed by atoms with Crippen molar-refractivity contribution < 1.29 is 4.42 Å². The Morgan fingerprint density at radius 2 is 2.04 bits per heavy atom. The van der Waals surface area contributed by atoms with Gasteiger partial charge in [-0.05, 0) is 60.5 Å². The Bertz CT molecular complexity index is 1030. The number of anilines is 1. The van der Waals surface area contributed by atoms with Crippen LogP contribution < -0.4 is 5.32 Å². The first-order valence-electron chi connectivity index (χ1n) is 8.78. The van der Waals surface area contributed by atoms with Gasteiger partial charge < -0.3 is 9.73 Å². The summed E-state index contributed by atoms with van der Waals surface area (Å²) in [6, 6.07) is 16.3. The predicted octanol–water partition coefficient (Wildman–Crippen LogP) is 3.99. The molecule has 130 valence electrons. The number of fused-ring (bicyclic) bond motifs is 1. The lowest BCUT2D eigenvalue weighted by atomic mass is 10.2. The van der Waals surface area contributed by atoms with Gasteiger partial charge in [-0.3, -0.25) is 0 Å². The molecule has 1 saturated carbocycles. The van der Waals surface area contributed by atoms with E-state index in [-0.39, 0.29) is 6.04 Å². The van der Waals surface area contributed by atoms with Crippen LogP contribution in [0, 0.1) is 0 Å². The van der Waals surface area contributed by atoms with Crippen molar-refractivity contribution in [1.29, 1.82) is 0 Å². The molecule has 0 bridgehead atoms. The van der Waals surface area contributed by atoms with Gasteiger partial charge >= 0.3 is 0 Å². The van der Waals surface area contributed by atoms with E-state index in [1.807, 2.05) is 53.2 Å². The molecule has 1 aliphatic rings. The van der Waals surface area contributed by atoms with Gasteiger partial charge in [-0.1, -0.05) is 18.2 Å². The van der Waals surface area contributed by atoms with Crippen molar-refractivity contribution in [2.45, 2.75) is 31.8 Å². The lowest BCUT2D eigenvalue weighted by molar-refractivity contribution is 0.567. The standard InChI is InChI=1S/C19H18N6O/c1-12(18-22-23-24-25(18)15-9-10-15)20-14-6-4-5-13(11-14)19-21-16-7-2-3-8-17(16)26-19/h2-8,11-12,15,20H,9-10H2,1H3. The normalized spacial score (nSPS) is 15.3. The zero-order valence-electron chi connectivity index (χ0n) is 14.3. The number of hydrogen-bond acceptors (Lipinski definition) is 6. The Morgan fingerprint density at radius 3 is 2.88 bits per heavy atom. The van der Waals surface area contributed by atoms with Crippen LogP contribution >= 0.6 is 0 Å². The fraction of sp³-hybridized carbons (Fsp3) is 0.263. The van der Waals surface area contributed by atoms with Crippen molar-refractivity contribution in [3.05, 3.63) is 54.4 Å². The fourth-order valence-electron chi connectivity index (χ4n) is 3.12. The number of aromatic nitrogens is 5. The number of oxazole rings is 1. The maximum absolute atomic E-state index is 5.87. The van der Waals surface area contributed by atoms with Crippen LogP contribution in [0.5, 0.6) is 0 Å². The Hall–Kier alpha value is -3.22. The Labute approximate surface area is 150 Å². The SMILES string of the molecule is CC(Nc1cccc(-c2nc3ccccc3o2)c1)c1nnnn1C1CC1. The molecule has 2 aromatic heterocycles. The van der Waals surface area contributed by atoms with Gasteiger partial charge in [0.15, 0.2) is 11.4 Å². The molecule has 1 aliphatic carbocycles. The van der Waals surface area contributed by atoms with Gasteiger partial charge in [0.25, 0.3) is 0 Å². The minimum Gasteiger partial charge on any atom is -0.436 e. The van der Waals surface area contributed by atoms with E-state index in [9.17, 15) is 0 Å². The molecule has 4 aromatic rings. The first-order valence-corrected chi connectivity index (χ1v) is 8.78. The molecule has 5 rings (SSSR count). The zero-order chi connectivity index (χ0) is 17.5. The van der Waals surface area contributed by atoms with E-state index < -0.39 is 0 Å². The molecule has 0 saturated heterocycles. The maximum atomic E-state index is 5.87. The minimum absolute atomic E-state index is 0.00415.